The third-order valence-electron chi connectivity index (χ3n) is 4.75. The molecule has 1 aliphatic carbocycles. The molecule has 10 heteroatoms. The highest BCUT2D eigenvalue weighted by Gasteiger charge is 2.39. The van der Waals surface area contributed by atoms with Crippen LogP contribution in [0.25, 0.3) is 11.3 Å². The van der Waals surface area contributed by atoms with Crippen molar-refractivity contribution in [3.05, 3.63) is 73.6 Å². The lowest BCUT2D eigenvalue weighted by atomic mass is 10.1. The predicted molar refractivity (Wildman–Crippen MR) is 111 cm³/mol. The van der Waals surface area contributed by atoms with Crippen LogP contribution in [0.4, 0.5) is 0 Å². The highest BCUT2D eigenvalue weighted by atomic mass is 35.5. The fourth-order valence-electron chi connectivity index (χ4n) is 3.04. The molecule has 0 radical (unpaired) electrons. The van der Waals surface area contributed by atoms with Crippen LogP contribution in [0.15, 0.2) is 51.0 Å². The smallest absolute Gasteiger partial charge is 0.313 e. The van der Waals surface area contributed by atoms with E-state index in [2.05, 4.69) is 32.0 Å². The van der Waals surface area contributed by atoms with Crippen LogP contribution in [0, 0.1) is 17.8 Å². The number of H-pyrrole nitrogens is 2. The molecular formula is C20H15ClN4O4S. The second-order valence-corrected chi connectivity index (χ2v) is 9.35. The van der Waals surface area contributed by atoms with Crippen LogP contribution in [-0.4, -0.2) is 34.8 Å². The van der Waals surface area contributed by atoms with E-state index in [0.717, 1.165) is 18.2 Å². The van der Waals surface area contributed by atoms with Crippen molar-refractivity contribution in [3.63, 3.8) is 0 Å². The third kappa shape index (κ3) is 4.20. The van der Waals surface area contributed by atoms with Gasteiger partial charge in [-0.05, 0) is 42.3 Å². The minimum atomic E-state index is -3.24. The normalized spacial score (nSPS) is 17.8. The van der Waals surface area contributed by atoms with Crippen LogP contribution in [0.1, 0.15) is 23.5 Å². The fraction of sp³-hybridized carbons (Fsp3) is 0.200. The van der Waals surface area contributed by atoms with Gasteiger partial charge in [0.05, 0.1) is 10.5 Å². The maximum absolute atomic E-state index is 12.0. The maximum atomic E-state index is 12.0. The van der Waals surface area contributed by atoms with Crippen molar-refractivity contribution >= 4 is 21.4 Å². The van der Waals surface area contributed by atoms with Crippen molar-refractivity contribution in [1.29, 1.82) is 0 Å². The van der Waals surface area contributed by atoms with E-state index in [4.69, 9.17) is 11.6 Å². The summed E-state index contributed by atoms with van der Waals surface area (Å²) in [5.41, 5.74) is 0.779. The molecule has 8 nitrogen and oxygen atoms in total. The average Bonchev–Trinajstić information content (AvgIpc) is 3.46. The van der Waals surface area contributed by atoms with Gasteiger partial charge in [0, 0.05) is 29.9 Å². The minimum Gasteiger partial charge on any atom is -0.313 e. The molecule has 0 amide bonds. The predicted octanol–water partition coefficient (Wildman–Crippen LogP) is 1.73. The summed E-state index contributed by atoms with van der Waals surface area (Å²) in [5.74, 6) is 6.32. The maximum Gasteiger partial charge on any atom is 0.325 e. The second-order valence-electron chi connectivity index (χ2n) is 6.98. The van der Waals surface area contributed by atoms with E-state index in [1.807, 2.05) is 0 Å². The Balaban J connectivity index is 1.55. The first-order valence-electron chi connectivity index (χ1n) is 8.89. The number of nitrogens with one attached hydrogen (secondary N) is 2. The summed E-state index contributed by atoms with van der Waals surface area (Å²) in [6.45, 7) is 0. The molecule has 0 spiro atoms. The summed E-state index contributed by atoms with van der Waals surface area (Å²) < 4.78 is 23.0. The van der Waals surface area contributed by atoms with Gasteiger partial charge in [-0.3, -0.25) is 9.78 Å². The third-order valence-corrected chi connectivity index (χ3v) is 6.17. The van der Waals surface area contributed by atoms with Gasteiger partial charge in [-0.1, -0.05) is 23.4 Å². The molecule has 1 aromatic carbocycles. The quantitative estimate of drug-likeness (QED) is 0.595. The van der Waals surface area contributed by atoms with E-state index in [1.165, 1.54) is 18.3 Å². The molecule has 0 unspecified atom stereocenters. The van der Waals surface area contributed by atoms with Gasteiger partial charge in [0.1, 0.15) is 5.69 Å². The minimum absolute atomic E-state index is 0.0522. The Morgan fingerprint density at radius 2 is 1.90 bits per heavy atom. The number of hydrogen-bond acceptors (Lipinski definition) is 6. The van der Waals surface area contributed by atoms with Crippen LogP contribution < -0.4 is 11.2 Å². The first kappa shape index (κ1) is 20.1. The van der Waals surface area contributed by atoms with Crippen molar-refractivity contribution in [2.24, 2.45) is 5.92 Å². The van der Waals surface area contributed by atoms with Crippen LogP contribution in [0.3, 0.4) is 0 Å². The Morgan fingerprint density at radius 3 is 2.57 bits per heavy atom. The van der Waals surface area contributed by atoms with E-state index >= 15 is 0 Å². The zero-order valence-electron chi connectivity index (χ0n) is 15.6. The number of aromatic amines is 2. The molecule has 1 aliphatic rings. The number of rotatable bonds is 3. The highest BCUT2D eigenvalue weighted by Crippen LogP contribution is 2.49. The number of aromatic nitrogens is 4. The summed E-state index contributed by atoms with van der Waals surface area (Å²) >= 11 is 6.20. The molecule has 2 N–H and O–H groups in total. The Labute approximate surface area is 176 Å². The van der Waals surface area contributed by atoms with Gasteiger partial charge in [0.25, 0.3) is 5.56 Å². The molecule has 2 aromatic heterocycles. The summed E-state index contributed by atoms with van der Waals surface area (Å²) in [6, 6.07) is 8.08. The second kappa shape index (κ2) is 7.55. The van der Waals surface area contributed by atoms with Gasteiger partial charge in [-0.2, -0.15) is 0 Å². The van der Waals surface area contributed by atoms with E-state index in [1.54, 1.807) is 18.2 Å². The molecular weight excluding hydrogens is 428 g/mol. The van der Waals surface area contributed by atoms with E-state index in [-0.39, 0.29) is 27.4 Å². The molecule has 1 fully saturated rings. The van der Waals surface area contributed by atoms with Gasteiger partial charge in [0.15, 0.2) is 15.0 Å². The first-order chi connectivity index (χ1) is 14.2. The van der Waals surface area contributed by atoms with Crippen LogP contribution in [-0.2, 0) is 9.84 Å². The largest absolute Gasteiger partial charge is 0.325 e. The zero-order valence-corrected chi connectivity index (χ0v) is 17.2. The first-order valence-corrected chi connectivity index (χ1v) is 11.2. The van der Waals surface area contributed by atoms with Gasteiger partial charge in [0.2, 0.25) is 0 Å². The Hall–Kier alpha value is -3.22. The topological polar surface area (TPSA) is 126 Å². The van der Waals surface area contributed by atoms with Crippen LogP contribution >= 0.6 is 11.6 Å². The molecule has 30 heavy (non-hydrogen) atoms. The fourth-order valence-corrected chi connectivity index (χ4v) is 3.91. The number of hydrogen-bond donors (Lipinski definition) is 2. The van der Waals surface area contributed by atoms with Crippen LogP contribution in [0.2, 0.25) is 5.15 Å². The number of halogens is 1. The summed E-state index contributed by atoms with van der Waals surface area (Å²) in [4.78, 5) is 28.0. The van der Waals surface area contributed by atoms with E-state index < -0.39 is 21.1 Å². The SMILES string of the molecule is CS(=O)(=O)c1ccc(C#C[C@H]2C[C@@H]2c2cc(-c3c[nH]c(=O)[nH]c3=O)nnc2Cl)cc1. The summed E-state index contributed by atoms with van der Waals surface area (Å²) in [7, 11) is -3.24. The number of benzene rings is 1. The Bertz CT molecular complexity index is 1420. The standard InChI is InChI=1S/C20H15ClN4O4S/c1-30(28,29)13-6-3-11(4-7-13)2-5-12-8-14(12)15-9-17(24-25-18(15)21)16-10-22-20(27)23-19(16)26/h3-4,6-7,9-10,12,14H,8H2,1H3,(H2,22,23,26,27)/t12-,14-/m0/s1. The van der Waals surface area contributed by atoms with Crippen molar-refractivity contribution in [3.8, 4) is 23.1 Å². The monoisotopic (exact) mass is 442 g/mol. The summed E-state index contributed by atoms with van der Waals surface area (Å²) in [6.07, 6.45) is 3.22. The van der Waals surface area contributed by atoms with Crippen molar-refractivity contribution in [2.45, 2.75) is 17.2 Å². The molecule has 2 atom stereocenters. The van der Waals surface area contributed by atoms with Crippen molar-refractivity contribution in [1.82, 2.24) is 20.2 Å². The molecule has 4 rings (SSSR count). The van der Waals surface area contributed by atoms with Crippen LogP contribution in [0.5, 0.6) is 0 Å². The molecule has 1 saturated carbocycles. The van der Waals surface area contributed by atoms with E-state index in [9.17, 15) is 18.0 Å². The molecule has 0 bridgehead atoms. The lowest BCUT2D eigenvalue weighted by Crippen LogP contribution is -2.23. The molecule has 152 valence electrons. The van der Waals surface area contributed by atoms with Crippen molar-refractivity contribution < 1.29 is 8.42 Å². The molecule has 2 heterocycles. The Kier molecular flexibility index (Phi) is 5.05. The van der Waals surface area contributed by atoms with Gasteiger partial charge >= 0.3 is 5.69 Å². The van der Waals surface area contributed by atoms with Gasteiger partial charge in [-0.25, -0.2) is 13.2 Å². The lowest BCUT2D eigenvalue weighted by Gasteiger charge is -2.04. The van der Waals surface area contributed by atoms with Gasteiger partial charge < -0.3 is 4.98 Å². The number of nitrogens with zero attached hydrogens (tertiary/aromatic N) is 2. The zero-order chi connectivity index (χ0) is 21.5. The lowest BCUT2D eigenvalue weighted by molar-refractivity contribution is 0.602. The molecule has 0 saturated heterocycles. The molecule has 0 aliphatic heterocycles. The summed E-state index contributed by atoms with van der Waals surface area (Å²) in [5, 5.41) is 8.12. The van der Waals surface area contributed by atoms with E-state index in [0.29, 0.717) is 11.3 Å². The average molecular weight is 443 g/mol. The van der Waals surface area contributed by atoms with Gasteiger partial charge in [-0.15, -0.1) is 10.2 Å². The molecule has 3 aromatic rings. The highest BCUT2D eigenvalue weighted by molar-refractivity contribution is 7.90. The van der Waals surface area contributed by atoms with Crippen molar-refractivity contribution in [2.75, 3.05) is 6.26 Å². The number of sulfone groups is 1. The Morgan fingerprint density at radius 1 is 1.17 bits per heavy atom.